The molecule has 0 aromatic heterocycles. The summed E-state index contributed by atoms with van der Waals surface area (Å²) in [6.07, 6.45) is 0. The van der Waals surface area contributed by atoms with Crippen molar-refractivity contribution in [1.29, 1.82) is 0 Å². The summed E-state index contributed by atoms with van der Waals surface area (Å²) in [7, 11) is 4.93. The Bertz CT molecular complexity index is 59.9. The lowest BCUT2D eigenvalue weighted by atomic mass is 9.87. The van der Waals surface area contributed by atoms with Crippen molar-refractivity contribution in [3.63, 3.8) is 0 Å². The van der Waals surface area contributed by atoms with E-state index in [9.17, 15) is 4.39 Å². The summed E-state index contributed by atoms with van der Waals surface area (Å²) in [5.74, 6) is 0. The molecule has 0 aromatic rings. The normalized spacial score (nSPS) is 17.9. The van der Waals surface area contributed by atoms with Gasteiger partial charge in [-0.05, 0) is 13.8 Å². The zero-order valence-corrected chi connectivity index (χ0v) is 5.28. The van der Waals surface area contributed by atoms with E-state index < -0.39 is 5.57 Å². The van der Waals surface area contributed by atoms with Gasteiger partial charge in [0.15, 0.2) is 0 Å². The Morgan fingerprint density at radius 2 is 2.25 bits per heavy atom. The molecule has 3 heteroatoms. The van der Waals surface area contributed by atoms with E-state index in [1.165, 1.54) is 6.92 Å². The summed E-state index contributed by atoms with van der Waals surface area (Å²) < 4.78 is 16.9. The Balaban J connectivity index is 3.11. The number of halogens is 1. The van der Waals surface area contributed by atoms with E-state index in [0.717, 1.165) is 0 Å². The topological polar surface area (TPSA) is 9.23 Å². The fourth-order valence-corrected chi connectivity index (χ4v) is 0.302. The second-order valence-electron chi connectivity index (χ2n) is 1.92. The summed E-state index contributed by atoms with van der Waals surface area (Å²) >= 11 is 0. The average Bonchev–Trinajstić information content (AvgIpc) is 1.59. The molecule has 0 unspecified atom stereocenters. The third-order valence-electron chi connectivity index (χ3n) is 0.588. The van der Waals surface area contributed by atoms with Crippen molar-refractivity contribution in [3.05, 3.63) is 0 Å². The number of rotatable bonds is 3. The monoisotopic (exact) mass is 116 g/mol. The van der Waals surface area contributed by atoms with Crippen molar-refractivity contribution < 1.29 is 9.13 Å². The number of alkyl halides is 1. The molecule has 0 saturated carbocycles. The van der Waals surface area contributed by atoms with Gasteiger partial charge in [0.05, 0.1) is 12.2 Å². The van der Waals surface area contributed by atoms with Crippen molar-refractivity contribution in [1.82, 2.24) is 0 Å². The first-order valence-corrected chi connectivity index (χ1v) is 2.62. The maximum atomic E-state index is 12.2. The van der Waals surface area contributed by atoms with Crippen LogP contribution in [0.1, 0.15) is 13.8 Å². The molecule has 1 atom stereocenters. The van der Waals surface area contributed by atoms with E-state index in [1.807, 2.05) is 0 Å². The molecule has 0 aliphatic carbocycles. The van der Waals surface area contributed by atoms with Crippen molar-refractivity contribution in [2.24, 2.45) is 0 Å². The first-order chi connectivity index (χ1) is 3.56. The highest BCUT2D eigenvalue weighted by Crippen LogP contribution is 2.02. The Labute approximate surface area is 50.6 Å². The molecule has 0 aliphatic rings. The van der Waals surface area contributed by atoms with Crippen molar-refractivity contribution in [3.8, 4) is 0 Å². The van der Waals surface area contributed by atoms with Gasteiger partial charge in [-0.25, -0.2) is 0 Å². The largest absolute Gasteiger partial charge is 0.379 e. The molecule has 1 nitrogen and oxygen atoms in total. The maximum absolute atomic E-state index is 12.2. The zero-order valence-electron chi connectivity index (χ0n) is 5.28. The molecule has 0 N–H and O–H groups in total. The molecule has 0 saturated heterocycles. The zero-order chi connectivity index (χ0) is 6.62. The summed E-state index contributed by atoms with van der Waals surface area (Å²) in [5.41, 5.74) is -1.67. The first kappa shape index (κ1) is 7.95. The van der Waals surface area contributed by atoms with Crippen molar-refractivity contribution in [2.45, 2.75) is 19.4 Å². The Morgan fingerprint density at radius 3 is 2.38 bits per heavy atom. The smallest absolute Gasteiger partial charge is 0.124 e. The molecule has 0 heterocycles. The SMILES string of the molecule is [B][C@@](C)(F)COCC. The standard InChI is InChI=1S/C5H10BFO/c1-3-8-4-5(2,6)7/h3-4H2,1-2H3/t5-/m0/s1. The molecular formula is C5H10BFO. The molecule has 0 amide bonds. The summed E-state index contributed by atoms with van der Waals surface area (Å²) in [4.78, 5) is 0. The predicted molar refractivity (Wildman–Crippen MR) is 31.8 cm³/mol. The fourth-order valence-electron chi connectivity index (χ4n) is 0.302. The maximum Gasteiger partial charge on any atom is 0.124 e. The van der Waals surface area contributed by atoms with Gasteiger partial charge >= 0.3 is 0 Å². The van der Waals surface area contributed by atoms with E-state index in [2.05, 4.69) is 0 Å². The molecule has 0 fully saturated rings. The van der Waals surface area contributed by atoms with Crippen molar-refractivity contribution >= 4 is 7.85 Å². The van der Waals surface area contributed by atoms with Crippen LogP contribution in [0.3, 0.4) is 0 Å². The third kappa shape index (κ3) is 5.95. The van der Waals surface area contributed by atoms with Crippen LogP contribution in [0.5, 0.6) is 0 Å². The number of hydrogen-bond donors (Lipinski definition) is 0. The predicted octanol–water partition coefficient (Wildman–Crippen LogP) is 0.877. The summed E-state index contributed by atoms with van der Waals surface area (Å²) in [6.45, 7) is 3.56. The minimum Gasteiger partial charge on any atom is -0.379 e. The minimum atomic E-state index is -1.67. The van der Waals surface area contributed by atoms with Crippen LogP contribution < -0.4 is 0 Å². The Kier molecular flexibility index (Phi) is 3.06. The average molecular weight is 116 g/mol. The Morgan fingerprint density at radius 1 is 1.75 bits per heavy atom. The van der Waals surface area contributed by atoms with Gasteiger partial charge < -0.3 is 4.74 Å². The molecule has 0 rings (SSSR count). The molecule has 2 radical (unpaired) electrons. The summed E-state index contributed by atoms with van der Waals surface area (Å²) in [5, 5.41) is 0. The van der Waals surface area contributed by atoms with Gasteiger partial charge in [0.25, 0.3) is 0 Å². The van der Waals surface area contributed by atoms with Crippen LogP contribution in [0.2, 0.25) is 0 Å². The van der Waals surface area contributed by atoms with Gasteiger partial charge in [0, 0.05) is 6.61 Å². The molecule has 0 bridgehead atoms. The first-order valence-electron chi connectivity index (χ1n) is 2.62. The van der Waals surface area contributed by atoms with Crippen LogP contribution in [0.15, 0.2) is 0 Å². The van der Waals surface area contributed by atoms with E-state index in [4.69, 9.17) is 12.6 Å². The Hall–Kier alpha value is -0.0451. The van der Waals surface area contributed by atoms with Gasteiger partial charge in [0.1, 0.15) is 7.85 Å². The highest BCUT2D eigenvalue weighted by atomic mass is 19.1. The van der Waals surface area contributed by atoms with Crippen LogP contribution in [0.25, 0.3) is 0 Å². The lowest BCUT2D eigenvalue weighted by Crippen LogP contribution is -2.25. The minimum absolute atomic E-state index is 0.0243. The van der Waals surface area contributed by atoms with E-state index >= 15 is 0 Å². The molecule has 0 aromatic carbocycles. The number of hydrogen-bond acceptors (Lipinski definition) is 1. The molecular weight excluding hydrogens is 106 g/mol. The van der Waals surface area contributed by atoms with Gasteiger partial charge in [0.2, 0.25) is 0 Å². The third-order valence-corrected chi connectivity index (χ3v) is 0.588. The molecule has 8 heavy (non-hydrogen) atoms. The number of ether oxygens (including phenoxy) is 1. The van der Waals surface area contributed by atoms with Crippen LogP contribution in [0, 0.1) is 0 Å². The highest BCUT2D eigenvalue weighted by Gasteiger charge is 2.13. The van der Waals surface area contributed by atoms with Crippen LogP contribution in [0.4, 0.5) is 4.39 Å². The molecule has 0 aliphatic heterocycles. The molecule has 46 valence electrons. The molecule has 0 spiro atoms. The fraction of sp³-hybridized carbons (Fsp3) is 1.00. The van der Waals surface area contributed by atoms with Gasteiger partial charge in [-0.15, -0.1) is 0 Å². The lowest BCUT2D eigenvalue weighted by molar-refractivity contribution is 0.0773. The van der Waals surface area contributed by atoms with E-state index in [1.54, 1.807) is 6.92 Å². The highest BCUT2D eigenvalue weighted by molar-refractivity contribution is 6.14. The summed E-state index contributed by atoms with van der Waals surface area (Å²) in [6, 6.07) is 0. The second kappa shape index (κ2) is 3.08. The van der Waals surface area contributed by atoms with Crippen LogP contribution in [-0.2, 0) is 4.74 Å². The van der Waals surface area contributed by atoms with Crippen LogP contribution >= 0.6 is 0 Å². The van der Waals surface area contributed by atoms with Gasteiger partial charge in [-0.1, -0.05) is 0 Å². The van der Waals surface area contributed by atoms with Gasteiger partial charge in [-0.2, -0.15) is 0 Å². The van der Waals surface area contributed by atoms with Crippen molar-refractivity contribution in [2.75, 3.05) is 13.2 Å². The van der Waals surface area contributed by atoms with Gasteiger partial charge in [-0.3, -0.25) is 4.39 Å². The van der Waals surface area contributed by atoms with Crippen LogP contribution in [-0.4, -0.2) is 26.6 Å². The lowest BCUT2D eigenvalue weighted by Gasteiger charge is -2.12. The van der Waals surface area contributed by atoms with E-state index in [0.29, 0.717) is 6.61 Å². The van der Waals surface area contributed by atoms with E-state index in [-0.39, 0.29) is 6.61 Å². The second-order valence-corrected chi connectivity index (χ2v) is 1.92. The quantitative estimate of drug-likeness (QED) is 0.497.